The van der Waals surface area contributed by atoms with Crippen molar-refractivity contribution >= 4 is 0 Å². The molecular formula is C16H35NO. The van der Waals surface area contributed by atoms with Gasteiger partial charge in [-0.15, -0.1) is 0 Å². The van der Waals surface area contributed by atoms with E-state index in [0.29, 0.717) is 18.1 Å². The van der Waals surface area contributed by atoms with Crippen LogP contribution in [0.5, 0.6) is 0 Å². The summed E-state index contributed by atoms with van der Waals surface area (Å²) < 4.78 is 5.66. The van der Waals surface area contributed by atoms with Crippen LogP contribution in [-0.4, -0.2) is 25.8 Å². The Morgan fingerprint density at radius 1 is 0.944 bits per heavy atom. The van der Waals surface area contributed by atoms with E-state index in [0.717, 1.165) is 6.54 Å². The van der Waals surface area contributed by atoms with Crippen LogP contribution in [0, 0.1) is 5.92 Å². The van der Waals surface area contributed by atoms with Crippen LogP contribution in [0.4, 0.5) is 0 Å². The van der Waals surface area contributed by atoms with Gasteiger partial charge in [-0.25, -0.2) is 0 Å². The van der Waals surface area contributed by atoms with Crippen molar-refractivity contribution in [2.75, 3.05) is 13.7 Å². The lowest BCUT2D eigenvalue weighted by Gasteiger charge is -2.29. The zero-order chi connectivity index (χ0) is 13.8. The Morgan fingerprint density at radius 2 is 1.56 bits per heavy atom. The largest absolute Gasteiger partial charge is 0.380 e. The SMILES string of the molecule is CCCCCCCCC(NCC)C(OC)C(C)C. The van der Waals surface area contributed by atoms with Crippen LogP contribution < -0.4 is 5.32 Å². The quantitative estimate of drug-likeness (QED) is 0.524. The van der Waals surface area contributed by atoms with Crippen LogP contribution in [0.15, 0.2) is 0 Å². The lowest BCUT2D eigenvalue weighted by molar-refractivity contribution is 0.0304. The number of nitrogens with one attached hydrogen (secondary N) is 1. The predicted molar refractivity (Wildman–Crippen MR) is 81.1 cm³/mol. The molecule has 2 atom stereocenters. The minimum absolute atomic E-state index is 0.348. The van der Waals surface area contributed by atoms with Crippen LogP contribution in [-0.2, 0) is 4.74 Å². The van der Waals surface area contributed by atoms with E-state index in [2.05, 4.69) is 33.0 Å². The van der Waals surface area contributed by atoms with E-state index in [4.69, 9.17) is 4.74 Å². The molecule has 0 aromatic rings. The fourth-order valence-corrected chi connectivity index (χ4v) is 2.69. The molecule has 0 aliphatic heterocycles. The second-order valence-corrected chi connectivity index (χ2v) is 5.66. The fourth-order valence-electron chi connectivity index (χ4n) is 2.69. The van der Waals surface area contributed by atoms with Gasteiger partial charge in [0.05, 0.1) is 6.10 Å². The third-order valence-electron chi connectivity index (χ3n) is 3.66. The molecular weight excluding hydrogens is 222 g/mol. The Labute approximate surface area is 115 Å². The Morgan fingerprint density at radius 3 is 2.06 bits per heavy atom. The van der Waals surface area contributed by atoms with Crippen molar-refractivity contribution in [1.82, 2.24) is 5.32 Å². The second kappa shape index (κ2) is 12.0. The highest BCUT2D eigenvalue weighted by atomic mass is 16.5. The van der Waals surface area contributed by atoms with Gasteiger partial charge in [0.1, 0.15) is 0 Å². The van der Waals surface area contributed by atoms with Crippen LogP contribution in [0.1, 0.15) is 72.6 Å². The molecule has 0 aromatic heterocycles. The van der Waals surface area contributed by atoms with Crippen molar-refractivity contribution in [1.29, 1.82) is 0 Å². The number of likely N-dealkylation sites (N-methyl/N-ethyl adjacent to an activating group) is 1. The van der Waals surface area contributed by atoms with Gasteiger partial charge in [0.2, 0.25) is 0 Å². The van der Waals surface area contributed by atoms with E-state index < -0.39 is 0 Å². The molecule has 0 spiro atoms. The molecule has 2 nitrogen and oxygen atoms in total. The topological polar surface area (TPSA) is 21.3 Å². The number of rotatable bonds is 12. The predicted octanol–water partition coefficient (Wildman–Crippen LogP) is 4.39. The number of ether oxygens (including phenoxy) is 1. The highest BCUT2D eigenvalue weighted by Crippen LogP contribution is 2.16. The van der Waals surface area contributed by atoms with E-state index in [1.807, 2.05) is 7.11 Å². The van der Waals surface area contributed by atoms with Crippen molar-refractivity contribution < 1.29 is 4.74 Å². The Kier molecular flexibility index (Phi) is 11.9. The lowest BCUT2D eigenvalue weighted by Crippen LogP contribution is -2.43. The Hall–Kier alpha value is -0.0800. The molecule has 0 saturated heterocycles. The highest BCUT2D eigenvalue weighted by molar-refractivity contribution is 4.79. The minimum atomic E-state index is 0.348. The summed E-state index contributed by atoms with van der Waals surface area (Å²) in [5, 5.41) is 3.59. The van der Waals surface area contributed by atoms with Gasteiger partial charge in [-0.2, -0.15) is 0 Å². The molecule has 18 heavy (non-hydrogen) atoms. The number of methoxy groups -OCH3 is 1. The van der Waals surface area contributed by atoms with Crippen molar-refractivity contribution in [3.8, 4) is 0 Å². The molecule has 0 saturated carbocycles. The first-order valence-corrected chi connectivity index (χ1v) is 7.93. The third-order valence-corrected chi connectivity index (χ3v) is 3.66. The molecule has 0 fully saturated rings. The summed E-state index contributed by atoms with van der Waals surface area (Å²) in [6.07, 6.45) is 9.82. The monoisotopic (exact) mass is 257 g/mol. The average molecular weight is 257 g/mol. The number of hydrogen-bond acceptors (Lipinski definition) is 2. The van der Waals surface area contributed by atoms with Crippen LogP contribution in [0.3, 0.4) is 0 Å². The highest BCUT2D eigenvalue weighted by Gasteiger charge is 2.22. The number of unbranched alkanes of at least 4 members (excludes halogenated alkanes) is 5. The zero-order valence-corrected chi connectivity index (χ0v) is 13.3. The molecule has 1 N–H and O–H groups in total. The van der Waals surface area contributed by atoms with Gasteiger partial charge in [-0.1, -0.05) is 66.2 Å². The fraction of sp³-hybridized carbons (Fsp3) is 1.00. The van der Waals surface area contributed by atoms with Gasteiger partial charge >= 0.3 is 0 Å². The standard InChI is InChI=1S/C16H35NO/c1-6-8-9-10-11-12-13-15(17-7-2)16(18-5)14(3)4/h14-17H,6-13H2,1-5H3. The molecule has 0 rings (SSSR count). The molecule has 110 valence electrons. The van der Waals surface area contributed by atoms with Crippen molar-refractivity contribution in [3.05, 3.63) is 0 Å². The first kappa shape index (κ1) is 17.9. The van der Waals surface area contributed by atoms with Crippen molar-refractivity contribution in [2.45, 2.75) is 84.8 Å². The maximum atomic E-state index is 5.66. The summed E-state index contributed by atoms with van der Waals surface area (Å²) >= 11 is 0. The van der Waals surface area contributed by atoms with E-state index in [9.17, 15) is 0 Å². The van der Waals surface area contributed by atoms with Gasteiger partial charge in [-0.05, 0) is 18.9 Å². The molecule has 0 bridgehead atoms. The van der Waals surface area contributed by atoms with Gasteiger partial charge in [0.15, 0.2) is 0 Å². The summed E-state index contributed by atoms with van der Waals surface area (Å²) in [5.74, 6) is 0.583. The molecule has 2 unspecified atom stereocenters. The van der Waals surface area contributed by atoms with Crippen LogP contribution >= 0.6 is 0 Å². The van der Waals surface area contributed by atoms with Gasteiger partial charge in [0, 0.05) is 13.2 Å². The second-order valence-electron chi connectivity index (χ2n) is 5.66. The minimum Gasteiger partial charge on any atom is -0.380 e. The molecule has 0 radical (unpaired) electrons. The maximum Gasteiger partial charge on any atom is 0.0747 e. The third kappa shape index (κ3) is 8.10. The average Bonchev–Trinajstić information content (AvgIpc) is 2.34. The molecule has 0 aliphatic carbocycles. The summed E-state index contributed by atoms with van der Waals surface area (Å²) in [7, 11) is 1.84. The van der Waals surface area contributed by atoms with Crippen LogP contribution in [0.2, 0.25) is 0 Å². The van der Waals surface area contributed by atoms with E-state index in [1.54, 1.807) is 0 Å². The van der Waals surface area contributed by atoms with E-state index >= 15 is 0 Å². The van der Waals surface area contributed by atoms with E-state index in [1.165, 1.54) is 44.9 Å². The molecule has 0 aromatic carbocycles. The van der Waals surface area contributed by atoms with E-state index in [-0.39, 0.29) is 0 Å². The molecule has 2 heteroatoms. The summed E-state index contributed by atoms with van der Waals surface area (Å²) in [6.45, 7) is 9.99. The van der Waals surface area contributed by atoms with Gasteiger partial charge in [0.25, 0.3) is 0 Å². The first-order chi connectivity index (χ1) is 8.67. The first-order valence-electron chi connectivity index (χ1n) is 7.93. The summed E-state index contributed by atoms with van der Waals surface area (Å²) in [4.78, 5) is 0. The molecule has 0 amide bonds. The zero-order valence-electron chi connectivity index (χ0n) is 13.3. The van der Waals surface area contributed by atoms with Crippen LogP contribution in [0.25, 0.3) is 0 Å². The Bertz CT molecular complexity index is 170. The molecule has 0 heterocycles. The normalized spacial score (nSPS) is 15.0. The summed E-state index contributed by atoms with van der Waals surface area (Å²) in [5.41, 5.74) is 0. The number of hydrogen-bond donors (Lipinski definition) is 1. The smallest absolute Gasteiger partial charge is 0.0747 e. The van der Waals surface area contributed by atoms with Crippen molar-refractivity contribution in [2.24, 2.45) is 5.92 Å². The Balaban J connectivity index is 3.88. The van der Waals surface area contributed by atoms with Gasteiger partial charge in [-0.3, -0.25) is 0 Å². The summed E-state index contributed by atoms with van der Waals surface area (Å²) in [6, 6.07) is 0.520. The molecule has 0 aliphatic rings. The van der Waals surface area contributed by atoms with Crippen molar-refractivity contribution in [3.63, 3.8) is 0 Å². The maximum absolute atomic E-state index is 5.66. The lowest BCUT2D eigenvalue weighted by atomic mass is 9.94. The van der Waals surface area contributed by atoms with Gasteiger partial charge < -0.3 is 10.1 Å².